The Morgan fingerprint density at radius 2 is 2.00 bits per heavy atom. The lowest BCUT2D eigenvalue weighted by Gasteiger charge is -2.16. The Balaban J connectivity index is 1.94. The zero-order valence-corrected chi connectivity index (χ0v) is 13.7. The summed E-state index contributed by atoms with van der Waals surface area (Å²) in [4.78, 5) is 1.25. The van der Waals surface area contributed by atoms with Gasteiger partial charge in [-0.2, -0.15) is 0 Å². The summed E-state index contributed by atoms with van der Waals surface area (Å²) in [7, 11) is 1.98. The standard InChI is InChI=1S/C16H18BrNOS/c1-18-13(9-12-5-4-6-14(19)10-12)11-20-16-8-3-2-7-15(16)17/h2-8,10,13,18-19H,9,11H2,1H3. The van der Waals surface area contributed by atoms with Crippen LogP contribution in [-0.4, -0.2) is 23.9 Å². The predicted molar refractivity (Wildman–Crippen MR) is 89.5 cm³/mol. The van der Waals surface area contributed by atoms with Crippen molar-refractivity contribution in [1.82, 2.24) is 5.32 Å². The van der Waals surface area contributed by atoms with E-state index in [2.05, 4.69) is 39.4 Å². The summed E-state index contributed by atoms with van der Waals surface area (Å²) in [6.07, 6.45) is 0.905. The number of hydrogen-bond donors (Lipinski definition) is 2. The lowest BCUT2D eigenvalue weighted by atomic mass is 10.1. The van der Waals surface area contributed by atoms with E-state index in [-0.39, 0.29) is 0 Å². The van der Waals surface area contributed by atoms with Gasteiger partial charge in [-0.1, -0.05) is 24.3 Å². The molecule has 0 saturated carbocycles. The van der Waals surface area contributed by atoms with Crippen molar-refractivity contribution in [3.05, 3.63) is 58.6 Å². The van der Waals surface area contributed by atoms with Gasteiger partial charge in [-0.15, -0.1) is 11.8 Å². The number of likely N-dealkylation sites (N-methyl/N-ethyl adjacent to an activating group) is 1. The third kappa shape index (κ3) is 4.54. The number of rotatable bonds is 6. The van der Waals surface area contributed by atoms with Gasteiger partial charge in [0, 0.05) is 21.2 Å². The Labute approximate surface area is 132 Å². The lowest BCUT2D eigenvalue weighted by Crippen LogP contribution is -2.30. The Morgan fingerprint density at radius 3 is 2.70 bits per heavy atom. The number of thioether (sulfide) groups is 1. The van der Waals surface area contributed by atoms with Crippen LogP contribution in [0.25, 0.3) is 0 Å². The van der Waals surface area contributed by atoms with Gasteiger partial charge < -0.3 is 10.4 Å². The van der Waals surface area contributed by atoms with Crippen molar-refractivity contribution in [1.29, 1.82) is 0 Å². The third-order valence-corrected chi connectivity index (χ3v) is 5.27. The van der Waals surface area contributed by atoms with Gasteiger partial charge in [0.15, 0.2) is 0 Å². The summed E-state index contributed by atoms with van der Waals surface area (Å²) in [5, 5.41) is 12.9. The van der Waals surface area contributed by atoms with E-state index >= 15 is 0 Å². The maximum atomic E-state index is 9.51. The van der Waals surface area contributed by atoms with Gasteiger partial charge >= 0.3 is 0 Å². The number of hydrogen-bond acceptors (Lipinski definition) is 3. The first-order valence-electron chi connectivity index (χ1n) is 6.51. The van der Waals surface area contributed by atoms with Crippen molar-refractivity contribution in [2.75, 3.05) is 12.8 Å². The van der Waals surface area contributed by atoms with Gasteiger partial charge in [0.1, 0.15) is 5.75 Å². The molecule has 0 radical (unpaired) electrons. The predicted octanol–water partition coefficient (Wildman–Crippen LogP) is 4.08. The fourth-order valence-corrected chi connectivity index (χ4v) is 3.64. The molecular weight excluding hydrogens is 334 g/mol. The molecule has 0 bridgehead atoms. The Morgan fingerprint density at radius 1 is 1.20 bits per heavy atom. The molecule has 0 amide bonds. The van der Waals surface area contributed by atoms with Gasteiger partial charge in [-0.3, -0.25) is 0 Å². The Hall–Kier alpha value is -0.970. The minimum Gasteiger partial charge on any atom is -0.508 e. The van der Waals surface area contributed by atoms with Gasteiger partial charge in [0.2, 0.25) is 0 Å². The minimum atomic E-state index is 0.329. The van der Waals surface area contributed by atoms with Crippen molar-refractivity contribution < 1.29 is 5.11 Å². The maximum absolute atomic E-state index is 9.51. The molecule has 0 aromatic heterocycles. The summed E-state index contributed by atoms with van der Waals surface area (Å²) in [6.45, 7) is 0. The molecule has 1 unspecified atom stereocenters. The molecule has 0 spiro atoms. The third-order valence-electron chi connectivity index (χ3n) is 3.08. The number of phenolic OH excluding ortho intramolecular Hbond substituents is 1. The second kappa shape index (κ2) is 7.72. The highest BCUT2D eigenvalue weighted by molar-refractivity contribution is 9.10. The van der Waals surface area contributed by atoms with E-state index in [9.17, 15) is 5.11 Å². The molecule has 1 atom stereocenters. The average Bonchev–Trinajstić information content (AvgIpc) is 2.45. The van der Waals surface area contributed by atoms with E-state index in [0.29, 0.717) is 11.8 Å². The van der Waals surface area contributed by atoms with Crippen LogP contribution >= 0.6 is 27.7 Å². The summed E-state index contributed by atoms with van der Waals surface area (Å²) in [5.41, 5.74) is 1.15. The molecule has 2 N–H and O–H groups in total. The first-order chi connectivity index (χ1) is 9.69. The highest BCUT2D eigenvalue weighted by Crippen LogP contribution is 2.28. The van der Waals surface area contributed by atoms with Gasteiger partial charge in [0.25, 0.3) is 0 Å². The smallest absolute Gasteiger partial charge is 0.115 e. The monoisotopic (exact) mass is 351 g/mol. The highest BCUT2D eigenvalue weighted by Gasteiger charge is 2.09. The SMILES string of the molecule is CNC(CSc1ccccc1Br)Cc1cccc(O)c1. The molecule has 0 aliphatic rings. The second-order valence-corrected chi connectivity index (χ2v) is 6.52. The van der Waals surface area contributed by atoms with Crippen LogP contribution in [0.4, 0.5) is 0 Å². The summed E-state index contributed by atoms with van der Waals surface area (Å²) < 4.78 is 1.14. The number of benzene rings is 2. The Bertz CT molecular complexity index is 562. The quantitative estimate of drug-likeness (QED) is 0.769. The van der Waals surface area contributed by atoms with Gasteiger partial charge in [0.05, 0.1) is 0 Å². The summed E-state index contributed by atoms with van der Waals surface area (Å²) in [5.74, 6) is 1.31. The largest absolute Gasteiger partial charge is 0.508 e. The molecule has 0 heterocycles. The fraction of sp³-hybridized carbons (Fsp3) is 0.250. The molecule has 2 rings (SSSR count). The van der Waals surface area contributed by atoms with Crippen molar-refractivity contribution in [3.63, 3.8) is 0 Å². The molecule has 0 fully saturated rings. The molecule has 0 aliphatic heterocycles. The van der Waals surface area contributed by atoms with Crippen LogP contribution in [0.5, 0.6) is 5.75 Å². The molecule has 106 valence electrons. The van der Waals surface area contributed by atoms with E-state index in [0.717, 1.165) is 22.2 Å². The van der Waals surface area contributed by atoms with Crippen LogP contribution in [0.3, 0.4) is 0 Å². The lowest BCUT2D eigenvalue weighted by molar-refractivity contribution is 0.474. The fourth-order valence-electron chi connectivity index (χ4n) is 1.96. The zero-order chi connectivity index (χ0) is 14.4. The number of halogens is 1. The van der Waals surface area contributed by atoms with E-state index in [1.807, 2.05) is 43.1 Å². The van der Waals surface area contributed by atoms with Gasteiger partial charge in [-0.05, 0) is 59.2 Å². The molecule has 20 heavy (non-hydrogen) atoms. The first kappa shape index (κ1) is 15.4. The number of aromatic hydroxyl groups is 1. The summed E-state index contributed by atoms with van der Waals surface area (Å²) in [6, 6.07) is 16.1. The van der Waals surface area contributed by atoms with Gasteiger partial charge in [-0.25, -0.2) is 0 Å². The van der Waals surface area contributed by atoms with Crippen LogP contribution < -0.4 is 5.32 Å². The number of phenols is 1. The van der Waals surface area contributed by atoms with E-state index in [1.165, 1.54) is 4.90 Å². The van der Waals surface area contributed by atoms with E-state index < -0.39 is 0 Å². The molecule has 0 saturated heterocycles. The van der Waals surface area contributed by atoms with Crippen molar-refractivity contribution in [2.24, 2.45) is 0 Å². The van der Waals surface area contributed by atoms with E-state index in [4.69, 9.17) is 0 Å². The van der Waals surface area contributed by atoms with Crippen LogP contribution in [0, 0.1) is 0 Å². The normalized spacial score (nSPS) is 12.3. The Kier molecular flexibility index (Phi) is 5.95. The highest BCUT2D eigenvalue weighted by atomic mass is 79.9. The molecule has 2 nitrogen and oxygen atoms in total. The van der Waals surface area contributed by atoms with Crippen LogP contribution in [-0.2, 0) is 6.42 Å². The zero-order valence-electron chi connectivity index (χ0n) is 11.3. The molecule has 0 aliphatic carbocycles. The number of nitrogens with one attached hydrogen (secondary N) is 1. The molecule has 4 heteroatoms. The van der Waals surface area contributed by atoms with E-state index in [1.54, 1.807) is 6.07 Å². The van der Waals surface area contributed by atoms with Crippen LogP contribution in [0.15, 0.2) is 57.9 Å². The van der Waals surface area contributed by atoms with Crippen LogP contribution in [0.1, 0.15) is 5.56 Å². The van der Waals surface area contributed by atoms with Crippen molar-refractivity contribution >= 4 is 27.7 Å². The van der Waals surface area contributed by atoms with Crippen molar-refractivity contribution in [2.45, 2.75) is 17.4 Å². The molecular formula is C16H18BrNOS. The second-order valence-electron chi connectivity index (χ2n) is 4.60. The minimum absolute atomic E-state index is 0.329. The maximum Gasteiger partial charge on any atom is 0.115 e. The average molecular weight is 352 g/mol. The topological polar surface area (TPSA) is 32.3 Å². The van der Waals surface area contributed by atoms with Crippen molar-refractivity contribution in [3.8, 4) is 5.75 Å². The molecule has 2 aromatic carbocycles. The van der Waals surface area contributed by atoms with Crippen LogP contribution in [0.2, 0.25) is 0 Å². The first-order valence-corrected chi connectivity index (χ1v) is 8.29. The molecule has 2 aromatic rings. The summed E-state index contributed by atoms with van der Waals surface area (Å²) >= 11 is 5.40.